The highest BCUT2D eigenvalue weighted by atomic mass is 16.5. The Hall–Kier alpha value is -0.600. The summed E-state index contributed by atoms with van der Waals surface area (Å²) in [5, 5.41) is 9.76. The van der Waals surface area contributed by atoms with E-state index in [-0.39, 0.29) is 12.2 Å². The first-order valence-electron chi connectivity index (χ1n) is 7.55. The lowest BCUT2D eigenvalue weighted by atomic mass is 9.80. The van der Waals surface area contributed by atoms with Crippen LogP contribution in [0.15, 0.2) is 23.3 Å². The van der Waals surface area contributed by atoms with Gasteiger partial charge in [0.1, 0.15) is 0 Å². The Morgan fingerprint density at radius 1 is 1.16 bits per heavy atom. The second-order valence-corrected chi connectivity index (χ2v) is 5.31. The fourth-order valence-corrected chi connectivity index (χ4v) is 2.51. The molecule has 112 valence electrons. The number of aliphatic hydroxyl groups excluding tert-OH is 1. The van der Waals surface area contributed by atoms with Crippen LogP contribution in [0.4, 0.5) is 0 Å². The molecule has 0 saturated heterocycles. The Bertz CT molecular complexity index is 288. The molecular formula is C17H32O2. The van der Waals surface area contributed by atoms with Crippen molar-refractivity contribution < 1.29 is 9.84 Å². The minimum Gasteiger partial charge on any atom is -0.393 e. The molecule has 19 heavy (non-hydrogen) atoms. The van der Waals surface area contributed by atoms with Gasteiger partial charge in [-0.1, -0.05) is 37.1 Å². The first kappa shape index (κ1) is 18.4. The van der Waals surface area contributed by atoms with Gasteiger partial charge in [-0.15, -0.1) is 0 Å². The van der Waals surface area contributed by atoms with Crippen LogP contribution in [0.5, 0.6) is 0 Å². The minimum atomic E-state index is -0.154. The Labute approximate surface area is 119 Å². The number of methoxy groups -OCH3 is 1. The van der Waals surface area contributed by atoms with Crippen LogP contribution in [0, 0.1) is 5.92 Å². The molecule has 0 bridgehead atoms. The van der Waals surface area contributed by atoms with Crippen molar-refractivity contribution in [3.05, 3.63) is 23.3 Å². The van der Waals surface area contributed by atoms with Crippen LogP contribution >= 0.6 is 0 Å². The van der Waals surface area contributed by atoms with Gasteiger partial charge < -0.3 is 9.84 Å². The average Bonchev–Trinajstić information content (AvgIpc) is 2.40. The van der Waals surface area contributed by atoms with Crippen molar-refractivity contribution in [1.82, 2.24) is 0 Å². The topological polar surface area (TPSA) is 29.5 Å². The van der Waals surface area contributed by atoms with Gasteiger partial charge in [0.2, 0.25) is 0 Å². The van der Waals surface area contributed by atoms with Gasteiger partial charge in [-0.2, -0.15) is 0 Å². The molecule has 0 spiro atoms. The maximum atomic E-state index is 9.76. The van der Waals surface area contributed by atoms with Crippen LogP contribution in [0.3, 0.4) is 0 Å². The quantitative estimate of drug-likeness (QED) is 0.761. The van der Waals surface area contributed by atoms with E-state index in [0.717, 1.165) is 25.7 Å². The molecule has 0 radical (unpaired) electrons. The number of aliphatic hydroxyl groups is 1. The molecule has 3 atom stereocenters. The van der Waals surface area contributed by atoms with Gasteiger partial charge in [-0.25, -0.2) is 0 Å². The van der Waals surface area contributed by atoms with Crippen molar-refractivity contribution in [3.63, 3.8) is 0 Å². The molecule has 2 unspecified atom stereocenters. The zero-order chi connectivity index (χ0) is 14.8. The second kappa shape index (κ2) is 10.2. The van der Waals surface area contributed by atoms with Crippen molar-refractivity contribution in [3.8, 4) is 0 Å². The van der Waals surface area contributed by atoms with Gasteiger partial charge in [-0.3, -0.25) is 0 Å². The summed E-state index contributed by atoms with van der Waals surface area (Å²) in [6.07, 6.45) is 8.28. The number of ether oxygens (including phenoxy) is 1. The zero-order valence-corrected chi connectivity index (χ0v) is 13.6. The molecule has 1 saturated carbocycles. The molecule has 0 aliphatic heterocycles. The summed E-state index contributed by atoms with van der Waals surface area (Å²) in [6.45, 7) is 10.4. The van der Waals surface area contributed by atoms with Crippen molar-refractivity contribution in [1.29, 1.82) is 0 Å². The Balaban J connectivity index is 0.00000154. The van der Waals surface area contributed by atoms with Gasteiger partial charge in [-0.05, 0) is 46.5 Å². The predicted molar refractivity (Wildman–Crippen MR) is 83.3 cm³/mol. The number of allylic oxidation sites excluding steroid dienone is 3. The monoisotopic (exact) mass is 268 g/mol. The van der Waals surface area contributed by atoms with E-state index < -0.39 is 0 Å². The molecule has 0 heterocycles. The van der Waals surface area contributed by atoms with E-state index in [1.165, 1.54) is 11.1 Å². The zero-order valence-electron chi connectivity index (χ0n) is 13.6. The summed E-state index contributed by atoms with van der Waals surface area (Å²) < 4.78 is 5.53. The lowest BCUT2D eigenvalue weighted by molar-refractivity contribution is -0.00715. The summed E-state index contributed by atoms with van der Waals surface area (Å²) in [6, 6.07) is 0. The summed E-state index contributed by atoms with van der Waals surface area (Å²) in [4.78, 5) is 0. The van der Waals surface area contributed by atoms with Gasteiger partial charge in [0.15, 0.2) is 0 Å². The molecule has 1 fully saturated rings. The van der Waals surface area contributed by atoms with Crippen LogP contribution < -0.4 is 0 Å². The maximum absolute atomic E-state index is 9.76. The van der Waals surface area contributed by atoms with Crippen LogP contribution in [-0.2, 0) is 4.74 Å². The molecule has 0 aromatic heterocycles. The highest BCUT2D eigenvalue weighted by Gasteiger charge is 2.30. The standard InChI is InChI=1S/C15H26O2.C2H6/c1-11(2)6-5-7-12(3)14-10-13(16)8-9-15(14)17-4;1-2/h6-7,13-16H,5,8-10H2,1-4H3;1-2H3/b12-7+;/t13-,14?,15?;/m1./s1. The third-order valence-electron chi connectivity index (χ3n) is 3.61. The van der Waals surface area contributed by atoms with Gasteiger partial charge >= 0.3 is 0 Å². The average molecular weight is 268 g/mol. The molecule has 0 aromatic carbocycles. The molecule has 1 rings (SSSR count). The maximum Gasteiger partial charge on any atom is 0.0638 e. The van der Waals surface area contributed by atoms with E-state index >= 15 is 0 Å². The lowest BCUT2D eigenvalue weighted by Crippen LogP contribution is -2.33. The van der Waals surface area contributed by atoms with Crippen molar-refractivity contribution in [2.75, 3.05) is 7.11 Å². The van der Waals surface area contributed by atoms with E-state index in [4.69, 9.17) is 4.74 Å². The molecule has 0 amide bonds. The highest BCUT2D eigenvalue weighted by molar-refractivity contribution is 5.11. The third kappa shape index (κ3) is 6.93. The largest absolute Gasteiger partial charge is 0.393 e. The van der Waals surface area contributed by atoms with Crippen LogP contribution in [0.2, 0.25) is 0 Å². The molecule has 2 nitrogen and oxygen atoms in total. The van der Waals surface area contributed by atoms with Crippen LogP contribution in [-0.4, -0.2) is 24.4 Å². The first-order valence-corrected chi connectivity index (χ1v) is 7.55. The Morgan fingerprint density at radius 3 is 2.32 bits per heavy atom. The van der Waals surface area contributed by atoms with Gasteiger partial charge in [0.05, 0.1) is 12.2 Å². The van der Waals surface area contributed by atoms with E-state index in [1.807, 2.05) is 13.8 Å². The van der Waals surface area contributed by atoms with E-state index in [9.17, 15) is 5.11 Å². The minimum absolute atomic E-state index is 0.154. The third-order valence-corrected chi connectivity index (χ3v) is 3.61. The summed E-state index contributed by atoms with van der Waals surface area (Å²) >= 11 is 0. The molecule has 1 aliphatic carbocycles. The fraction of sp³-hybridized carbons (Fsp3) is 0.765. The summed E-state index contributed by atoms with van der Waals surface area (Å²) in [5.74, 6) is 0.384. The van der Waals surface area contributed by atoms with Crippen molar-refractivity contribution in [2.24, 2.45) is 5.92 Å². The Kier molecular flexibility index (Phi) is 9.90. The lowest BCUT2D eigenvalue weighted by Gasteiger charge is -2.34. The highest BCUT2D eigenvalue weighted by Crippen LogP contribution is 2.32. The smallest absolute Gasteiger partial charge is 0.0638 e. The SMILES string of the molecule is CC.COC1CC[C@@H](O)CC1/C(C)=C/CC=C(C)C. The summed E-state index contributed by atoms with van der Waals surface area (Å²) in [5.41, 5.74) is 2.70. The number of hydrogen-bond donors (Lipinski definition) is 1. The van der Waals surface area contributed by atoms with E-state index in [2.05, 4.69) is 32.9 Å². The van der Waals surface area contributed by atoms with Gasteiger partial charge in [0.25, 0.3) is 0 Å². The molecular weight excluding hydrogens is 236 g/mol. The summed E-state index contributed by atoms with van der Waals surface area (Å²) in [7, 11) is 1.78. The molecule has 1 N–H and O–H groups in total. The second-order valence-electron chi connectivity index (χ2n) is 5.31. The van der Waals surface area contributed by atoms with Gasteiger partial charge in [0, 0.05) is 13.0 Å². The van der Waals surface area contributed by atoms with Crippen LogP contribution in [0.25, 0.3) is 0 Å². The van der Waals surface area contributed by atoms with Crippen molar-refractivity contribution >= 4 is 0 Å². The van der Waals surface area contributed by atoms with Crippen LogP contribution in [0.1, 0.15) is 60.3 Å². The normalized spacial score (nSPS) is 27.3. The first-order chi connectivity index (χ1) is 9.04. The number of rotatable bonds is 4. The number of hydrogen-bond acceptors (Lipinski definition) is 2. The molecule has 1 aliphatic rings. The molecule has 0 aromatic rings. The molecule has 2 heteroatoms. The van der Waals surface area contributed by atoms with Crippen molar-refractivity contribution in [2.45, 2.75) is 72.5 Å². The van der Waals surface area contributed by atoms with E-state index in [1.54, 1.807) is 7.11 Å². The predicted octanol–water partition coefficient (Wildman–Crippen LogP) is 4.49. The van der Waals surface area contributed by atoms with E-state index in [0.29, 0.717) is 5.92 Å². The Morgan fingerprint density at radius 2 is 1.79 bits per heavy atom. The fourth-order valence-electron chi connectivity index (χ4n) is 2.51.